The van der Waals surface area contributed by atoms with Crippen LogP contribution in [0.3, 0.4) is 0 Å². The summed E-state index contributed by atoms with van der Waals surface area (Å²) in [6, 6.07) is 17.9. The van der Waals surface area contributed by atoms with Crippen LogP contribution in [-0.2, 0) is 17.9 Å². The zero-order valence-electron chi connectivity index (χ0n) is 19.5. The molecule has 0 heterocycles. The van der Waals surface area contributed by atoms with Gasteiger partial charge in [0.05, 0.1) is 0 Å². The molecule has 0 aliphatic heterocycles. The molecule has 0 saturated heterocycles. The van der Waals surface area contributed by atoms with Crippen LogP contribution in [0.1, 0.15) is 68.9 Å². The molecule has 5 rings (SSSR count). The number of carbonyl (C=O) groups excluding carboxylic acids is 1. The summed E-state index contributed by atoms with van der Waals surface area (Å²) >= 11 is 0. The summed E-state index contributed by atoms with van der Waals surface area (Å²) in [5.41, 5.74) is 2.53. The summed E-state index contributed by atoms with van der Waals surface area (Å²) in [6.07, 6.45) is 10.3. The van der Waals surface area contributed by atoms with E-state index in [-0.39, 0.29) is 5.91 Å². The summed E-state index contributed by atoms with van der Waals surface area (Å²) in [5.74, 6) is 3.27. The number of hydrogen-bond acceptors (Lipinski definition) is 3. The van der Waals surface area contributed by atoms with Crippen molar-refractivity contribution in [3.05, 3.63) is 65.7 Å². The van der Waals surface area contributed by atoms with Crippen LogP contribution in [0.4, 0.5) is 0 Å². The lowest BCUT2D eigenvalue weighted by Crippen LogP contribution is -2.36. The summed E-state index contributed by atoms with van der Waals surface area (Å²) in [7, 11) is 0. The van der Waals surface area contributed by atoms with Gasteiger partial charge in [-0.25, -0.2) is 0 Å². The topological polar surface area (TPSA) is 58.6 Å². The smallest absolute Gasteiger partial charge is 0.249 e. The van der Waals surface area contributed by atoms with Gasteiger partial charge in [0, 0.05) is 6.54 Å². The Morgan fingerprint density at radius 1 is 1.00 bits per heavy atom. The number of ether oxygens (including phenoxy) is 1. The fourth-order valence-electron chi connectivity index (χ4n) is 6.95. The average molecular weight is 448 g/mol. The molecule has 176 valence electrons. The number of fused-ring (bicyclic) bond motifs is 2. The monoisotopic (exact) mass is 447 g/mol. The quantitative estimate of drug-likeness (QED) is 0.524. The van der Waals surface area contributed by atoms with Crippen LogP contribution in [0.25, 0.3) is 0 Å². The van der Waals surface area contributed by atoms with E-state index in [1.54, 1.807) is 0 Å². The maximum Gasteiger partial charge on any atom is 0.249 e. The SMILES string of the molecule is O=C(NCc1ccc(OCc2ccccc2)cc1)C(O)CCC12CC3CCCC(C1)C(C3)C2. The summed E-state index contributed by atoms with van der Waals surface area (Å²) in [4.78, 5) is 12.5. The van der Waals surface area contributed by atoms with Gasteiger partial charge in [-0.15, -0.1) is 0 Å². The number of carbonyl (C=O) groups is 1. The Morgan fingerprint density at radius 2 is 1.79 bits per heavy atom. The first-order valence-corrected chi connectivity index (χ1v) is 12.8. The maximum atomic E-state index is 12.5. The fraction of sp³-hybridized carbons (Fsp3) is 0.552. The van der Waals surface area contributed by atoms with E-state index >= 15 is 0 Å². The van der Waals surface area contributed by atoms with Crippen molar-refractivity contribution >= 4 is 5.91 Å². The second kappa shape index (κ2) is 9.89. The van der Waals surface area contributed by atoms with Crippen LogP contribution in [0.15, 0.2) is 54.6 Å². The van der Waals surface area contributed by atoms with Gasteiger partial charge in [0.25, 0.3) is 0 Å². The van der Waals surface area contributed by atoms with Gasteiger partial charge in [-0.3, -0.25) is 4.79 Å². The first-order valence-electron chi connectivity index (χ1n) is 12.8. The van der Waals surface area contributed by atoms with Gasteiger partial charge < -0.3 is 15.2 Å². The molecule has 3 saturated carbocycles. The Hall–Kier alpha value is -2.33. The molecule has 5 unspecified atom stereocenters. The first kappa shape index (κ1) is 22.5. The largest absolute Gasteiger partial charge is 0.489 e. The minimum Gasteiger partial charge on any atom is -0.489 e. The third-order valence-electron chi connectivity index (χ3n) is 8.49. The van der Waals surface area contributed by atoms with E-state index in [1.165, 1.54) is 44.9 Å². The van der Waals surface area contributed by atoms with Gasteiger partial charge in [0.15, 0.2) is 0 Å². The molecule has 1 amide bonds. The molecule has 5 atom stereocenters. The standard InChI is InChI=1S/C29H37NO3/c31-27(13-14-29-16-23-7-4-8-24(17-29)25(15-23)18-29)28(32)30-19-21-9-11-26(12-10-21)33-20-22-5-2-1-3-6-22/h1-3,5-6,9-12,23-25,27,31H,4,7-8,13-20H2,(H,30,32). The van der Waals surface area contributed by atoms with Crippen molar-refractivity contribution in [3.8, 4) is 5.75 Å². The van der Waals surface area contributed by atoms with Gasteiger partial charge in [-0.1, -0.05) is 61.7 Å². The van der Waals surface area contributed by atoms with Gasteiger partial charge in [-0.2, -0.15) is 0 Å². The van der Waals surface area contributed by atoms with E-state index < -0.39 is 6.10 Å². The molecular weight excluding hydrogens is 410 g/mol. The molecule has 4 heteroatoms. The molecule has 3 fully saturated rings. The maximum absolute atomic E-state index is 12.5. The van der Waals surface area contributed by atoms with Crippen LogP contribution in [0.5, 0.6) is 5.75 Å². The molecule has 4 nitrogen and oxygen atoms in total. The number of nitrogens with one attached hydrogen (secondary N) is 1. The second-order valence-corrected chi connectivity index (χ2v) is 10.9. The second-order valence-electron chi connectivity index (χ2n) is 10.9. The molecule has 3 aliphatic carbocycles. The molecule has 3 aliphatic rings. The number of benzene rings is 2. The van der Waals surface area contributed by atoms with Gasteiger partial charge >= 0.3 is 0 Å². The van der Waals surface area contributed by atoms with Gasteiger partial charge in [0.2, 0.25) is 5.91 Å². The Balaban J connectivity index is 1.06. The van der Waals surface area contributed by atoms with Crippen molar-refractivity contribution in [1.29, 1.82) is 0 Å². The van der Waals surface area contributed by atoms with Crippen molar-refractivity contribution in [1.82, 2.24) is 5.32 Å². The van der Waals surface area contributed by atoms with E-state index in [9.17, 15) is 9.90 Å². The number of hydrogen-bond donors (Lipinski definition) is 2. The van der Waals surface area contributed by atoms with Crippen LogP contribution < -0.4 is 10.1 Å². The predicted octanol–water partition coefficient (Wildman–Crippen LogP) is 5.63. The summed E-state index contributed by atoms with van der Waals surface area (Å²) < 4.78 is 5.82. The zero-order valence-corrected chi connectivity index (χ0v) is 19.5. The third-order valence-corrected chi connectivity index (χ3v) is 8.49. The molecule has 0 spiro atoms. The lowest BCUT2D eigenvalue weighted by atomic mass is 9.67. The lowest BCUT2D eigenvalue weighted by molar-refractivity contribution is -0.130. The Kier molecular flexibility index (Phi) is 6.73. The minimum atomic E-state index is -0.909. The number of aliphatic hydroxyl groups is 1. The van der Waals surface area contributed by atoms with Crippen molar-refractivity contribution in [2.24, 2.45) is 23.2 Å². The van der Waals surface area contributed by atoms with E-state index in [0.29, 0.717) is 25.0 Å². The fourth-order valence-corrected chi connectivity index (χ4v) is 6.95. The highest BCUT2D eigenvalue weighted by molar-refractivity contribution is 5.80. The molecule has 2 aromatic carbocycles. The normalized spacial score (nSPS) is 28.8. The van der Waals surface area contributed by atoms with Crippen LogP contribution >= 0.6 is 0 Å². The van der Waals surface area contributed by atoms with Crippen molar-refractivity contribution in [3.63, 3.8) is 0 Å². The Bertz CT molecular complexity index is 924. The van der Waals surface area contributed by atoms with Crippen LogP contribution in [-0.4, -0.2) is 17.1 Å². The summed E-state index contributed by atoms with van der Waals surface area (Å²) in [6.45, 7) is 0.957. The highest BCUT2D eigenvalue weighted by atomic mass is 16.5. The van der Waals surface area contributed by atoms with E-state index in [0.717, 1.165) is 41.1 Å². The minimum absolute atomic E-state index is 0.249. The number of rotatable bonds is 9. The molecular formula is C29H37NO3. The first-order chi connectivity index (χ1) is 16.1. The molecule has 2 N–H and O–H groups in total. The van der Waals surface area contributed by atoms with Crippen molar-refractivity contribution < 1.29 is 14.6 Å². The summed E-state index contributed by atoms with van der Waals surface area (Å²) in [5, 5.41) is 13.5. The number of aliphatic hydroxyl groups excluding tert-OH is 1. The average Bonchev–Trinajstić information content (AvgIpc) is 3.00. The lowest BCUT2D eigenvalue weighted by Gasteiger charge is -2.38. The van der Waals surface area contributed by atoms with Crippen LogP contribution in [0, 0.1) is 23.2 Å². The molecule has 33 heavy (non-hydrogen) atoms. The van der Waals surface area contributed by atoms with Crippen LogP contribution in [0.2, 0.25) is 0 Å². The van der Waals surface area contributed by atoms with Crippen molar-refractivity contribution in [2.45, 2.75) is 77.0 Å². The van der Waals surface area contributed by atoms with E-state index in [4.69, 9.17) is 4.74 Å². The van der Waals surface area contributed by atoms with Crippen molar-refractivity contribution in [2.75, 3.05) is 0 Å². The zero-order chi connectivity index (χ0) is 22.7. The molecule has 0 radical (unpaired) electrons. The van der Waals surface area contributed by atoms with Gasteiger partial charge in [-0.05, 0) is 85.0 Å². The Morgan fingerprint density at radius 3 is 2.61 bits per heavy atom. The highest BCUT2D eigenvalue weighted by Gasteiger charge is 2.51. The Labute approximate surface area is 197 Å². The molecule has 3 bridgehead atoms. The van der Waals surface area contributed by atoms with Gasteiger partial charge in [0.1, 0.15) is 18.5 Å². The predicted molar refractivity (Wildman–Crippen MR) is 130 cm³/mol. The van der Waals surface area contributed by atoms with E-state index in [2.05, 4.69) is 5.32 Å². The molecule has 0 aromatic heterocycles. The number of amides is 1. The third kappa shape index (κ3) is 5.43. The van der Waals surface area contributed by atoms with E-state index in [1.807, 2.05) is 54.6 Å². The molecule has 2 aromatic rings. The highest BCUT2D eigenvalue weighted by Crippen LogP contribution is 2.61.